The first-order valence-corrected chi connectivity index (χ1v) is 5.74. The minimum Gasteiger partial charge on any atom is -0.493 e. The maximum Gasteiger partial charge on any atom is 0.309 e. The zero-order valence-corrected chi connectivity index (χ0v) is 9.64. The van der Waals surface area contributed by atoms with Crippen LogP contribution in [-0.2, 0) is 17.6 Å². The van der Waals surface area contributed by atoms with Gasteiger partial charge in [-0.2, -0.15) is 5.10 Å². The van der Waals surface area contributed by atoms with E-state index in [9.17, 15) is 4.79 Å². The lowest BCUT2D eigenvalue weighted by molar-refractivity contribution is -0.136. The zero-order chi connectivity index (χ0) is 12.5. The molecule has 0 radical (unpaired) electrons. The van der Waals surface area contributed by atoms with Crippen LogP contribution in [-0.4, -0.2) is 27.9 Å². The Bertz CT molecular complexity index is 604. The van der Waals surface area contributed by atoms with E-state index in [0.717, 1.165) is 30.0 Å². The van der Waals surface area contributed by atoms with Crippen LogP contribution in [0.4, 0.5) is 0 Å². The van der Waals surface area contributed by atoms with Gasteiger partial charge in [0.1, 0.15) is 5.75 Å². The third-order valence-corrected chi connectivity index (χ3v) is 2.96. The highest BCUT2D eigenvalue weighted by Crippen LogP contribution is 2.29. The quantitative estimate of drug-likeness (QED) is 0.860. The van der Waals surface area contributed by atoms with Crippen LogP contribution >= 0.6 is 0 Å². The van der Waals surface area contributed by atoms with Crippen molar-refractivity contribution in [2.45, 2.75) is 12.8 Å². The number of fused-ring (bicyclic) bond motifs is 1. The highest BCUT2D eigenvalue weighted by molar-refractivity contribution is 5.71. The molecular formula is C13H12N2O3. The van der Waals surface area contributed by atoms with Crippen LogP contribution in [0.25, 0.3) is 11.3 Å². The van der Waals surface area contributed by atoms with Crippen LogP contribution in [0.1, 0.15) is 11.3 Å². The van der Waals surface area contributed by atoms with E-state index in [-0.39, 0.29) is 6.42 Å². The summed E-state index contributed by atoms with van der Waals surface area (Å²) in [7, 11) is 0. The van der Waals surface area contributed by atoms with Gasteiger partial charge < -0.3 is 9.84 Å². The predicted octanol–water partition coefficient (Wildman–Crippen LogP) is 1.64. The summed E-state index contributed by atoms with van der Waals surface area (Å²) >= 11 is 0. The van der Waals surface area contributed by atoms with Crippen LogP contribution in [0.5, 0.6) is 5.75 Å². The average molecular weight is 244 g/mol. The molecule has 5 heteroatoms. The molecular weight excluding hydrogens is 232 g/mol. The summed E-state index contributed by atoms with van der Waals surface area (Å²) in [5, 5.41) is 15.6. The molecule has 0 aliphatic carbocycles. The Balaban J connectivity index is 1.90. The number of carboxylic acid groups (broad SMARTS) is 1. The first kappa shape index (κ1) is 10.8. The molecule has 92 valence electrons. The number of aromatic amines is 1. The molecule has 0 spiro atoms. The van der Waals surface area contributed by atoms with Crippen LogP contribution in [0.15, 0.2) is 24.3 Å². The lowest BCUT2D eigenvalue weighted by atomic mass is 10.1. The maximum absolute atomic E-state index is 10.6. The molecule has 0 atom stereocenters. The van der Waals surface area contributed by atoms with Crippen LogP contribution in [0.3, 0.4) is 0 Å². The number of carbonyl (C=O) groups is 1. The van der Waals surface area contributed by atoms with Crippen molar-refractivity contribution >= 4 is 5.97 Å². The van der Waals surface area contributed by atoms with Gasteiger partial charge in [0.15, 0.2) is 0 Å². The Morgan fingerprint density at radius 1 is 1.44 bits per heavy atom. The monoisotopic (exact) mass is 244 g/mol. The normalized spacial score (nSPS) is 13.1. The molecule has 5 nitrogen and oxygen atoms in total. The number of nitrogens with zero attached hydrogens (tertiary/aromatic N) is 1. The van der Waals surface area contributed by atoms with Gasteiger partial charge in [-0.1, -0.05) is 0 Å². The number of hydrogen-bond donors (Lipinski definition) is 2. The Hall–Kier alpha value is -2.30. The van der Waals surface area contributed by atoms with Crippen LogP contribution < -0.4 is 4.74 Å². The zero-order valence-electron chi connectivity index (χ0n) is 9.64. The summed E-state index contributed by atoms with van der Waals surface area (Å²) in [6.07, 6.45) is 0.872. The molecule has 0 saturated carbocycles. The number of rotatable bonds is 3. The number of benzene rings is 1. The Labute approximate surface area is 103 Å². The number of nitrogens with one attached hydrogen (secondary N) is 1. The van der Waals surface area contributed by atoms with Gasteiger partial charge in [0.2, 0.25) is 0 Å². The molecule has 2 aromatic rings. The van der Waals surface area contributed by atoms with Gasteiger partial charge in [0, 0.05) is 17.7 Å². The number of aliphatic carboxylic acids is 1. The molecule has 0 fully saturated rings. The first-order chi connectivity index (χ1) is 8.72. The van der Waals surface area contributed by atoms with Crippen molar-refractivity contribution in [1.82, 2.24) is 10.2 Å². The van der Waals surface area contributed by atoms with Crippen molar-refractivity contribution in [1.29, 1.82) is 0 Å². The summed E-state index contributed by atoms with van der Waals surface area (Å²) < 4.78 is 5.44. The molecule has 0 bridgehead atoms. The van der Waals surface area contributed by atoms with Gasteiger partial charge in [-0.25, -0.2) is 0 Å². The Morgan fingerprint density at radius 3 is 3.17 bits per heavy atom. The second-order valence-corrected chi connectivity index (χ2v) is 4.27. The van der Waals surface area contributed by atoms with Gasteiger partial charge in [0.25, 0.3) is 0 Å². The van der Waals surface area contributed by atoms with Crippen molar-refractivity contribution in [3.63, 3.8) is 0 Å². The number of hydrogen-bond acceptors (Lipinski definition) is 3. The Kier molecular flexibility index (Phi) is 2.51. The van der Waals surface area contributed by atoms with E-state index in [1.807, 2.05) is 18.2 Å². The number of ether oxygens (including phenoxy) is 1. The lowest BCUT2D eigenvalue weighted by Gasteiger charge is -2.00. The predicted molar refractivity (Wildman–Crippen MR) is 64.6 cm³/mol. The molecule has 1 aromatic carbocycles. The number of aromatic nitrogens is 2. The molecule has 2 N–H and O–H groups in total. The van der Waals surface area contributed by atoms with Crippen molar-refractivity contribution in [3.05, 3.63) is 35.5 Å². The minimum absolute atomic E-state index is 0.0406. The van der Waals surface area contributed by atoms with Gasteiger partial charge in [0.05, 0.1) is 18.7 Å². The topological polar surface area (TPSA) is 75.2 Å². The first-order valence-electron chi connectivity index (χ1n) is 5.74. The molecule has 3 rings (SSSR count). The second kappa shape index (κ2) is 4.18. The van der Waals surface area contributed by atoms with E-state index >= 15 is 0 Å². The van der Waals surface area contributed by atoms with Crippen molar-refractivity contribution < 1.29 is 14.6 Å². The summed E-state index contributed by atoms with van der Waals surface area (Å²) in [6, 6.07) is 7.68. The molecule has 1 aliphatic rings. The van der Waals surface area contributed by atoms with Crippen LogP contribution in [0, 0.1) is 0 Å². The second-order valence-electron chi connectivity index (χ2n) is 4.27. The summed E-state index contributed by atoms with van der Waals surface area (Å²) in [6.45, 7) is 0.726. The average Bonchev–Trinajstić information content (AvgIpc) is 2.95. The minimum atomic E-state index is -0.868. The Morgan fingerprint density at radius 2 is 2.33 bits per heavy atom. The summed E-state index contributed by atoms with van der Waals surface area (Å²) in [4.78, 5) is 10.6. The summed E-state index contributed by atoms with van der Waals surface area (Å²) in [5.41, 5.74) is 3.53. The molecule has 0 amide bonds. The van der Waals surface area contributed by atoms with Crippen molar-refractivity contribution in [2.24, 2.45) is 0 Å². The molecule has 1 aliphatic heterocycles. The van der Waals surface area contributed by atoms with Crippen LogP contribution in [0.2, 0.25) is 0 Å². The van der Waals surface area contributed by atoms with E-state index in [1.54, 1.807) is 6.07 Å². The standard InChI is InChI=1S/C13H12N2O3/c16-13(17)7-10-6-11(15-14-10)8-1-2-12-9(5-8)3-4-18-12/h1-2,5-6H,3-4,7H2,(H,14,15)(H,16,17). The molecule has 0 unspecified atom stereocenters. The maximum atomic E-state index is 10.6. The summed E-state index contributed by atoms with van der Waals surface area (Å²) in [5.74, 6) is 0.0626. The smallest absolute Gasteiger partial charge is 0.309 e. The molecule has 2 heterocycles. The van der Waals surface area contributed by atoms with Crippen molar-refractivity contribution in [3.8, 4) is 17.0 Å². The van der Waals surface area contributed by atoms with E-state index < -0.39 is 5.97 Å². The van der Waals surface area contributed by atoms with Gasteiger partial charge in [-0.3, -0.25) is 9.89 Å². The highest BCUT2D eigenvalue weighted by atomic mass is 16.5. The lowest BCUT2D eigenvalue weighted by Crippen LogP contribution is -1.99. The largest absolute Gasteiger partial charge is 0.493 e. The fourth-order valence-electron chi connectivity index (χ4n) is 2.11. The van der Waals surface area contributed by atoms with Crippen molar-refractivity contribution in [2.75, 3.05) is 6.61 Å². The van der Waals surface area contributed by atoms with E-state index in [1.165, 1.54) is 5.56 Å². The molecule has 0 saturated heterocycles. The SMILES string of the molecule is O=C(O)Cc1cc(-c2ccc3c(c2)CCO3)n[nH]1. The van der Waals surface area contributed by atoms with E-state index in [4.69, 9.17) is 9.84 Å². The fraction of sp³-hybridized carbons (Fsp3) is 0.231. The number of H-pyrrole nitrogens is 1. The highest BCUT2D eigenvalue weighted by Gasteiger charge is 2.14. The van der Waals surface area contributed by atoms with E-state index in [2.05, 4.69) is 10.2 Å². The number of carboxylic acids is 1. The fourth-order valence-corrected chi connectivity index (χ4v) is 2.11. The van der Waals surface area contributed by atoms with Gasteiger partial charge >= 0.3 is 5.97 Å². The van der Waals surface area contributed by atoms with Gasteiger partial charge in [-0.05, 0) is 29.8 Å². The van der Waals surface area contributed by atoms with E-state index in [0.29, 0.717) is 5.69 Å². The molecule has 18 heavy (non-hydrogen) atoms. The third kappa shape index (κ3) is 1.95. The third-order valence-electron chi connectivity index (χ3n) is 2.96. The molecule has 1 aromatic heterocycles. The van der Waals surface area contributed by atoms with Gasteiger partial charge in [-0.15, -0.1) is 0 Å².